The first-order chi connectivity index (χ1) is 10.9. The normalized spacial score (nSPS) is 11.6. The van der Waals surface area contributed by atoms with E-state index in [1.807, 2.05) is 48.5 Å². The second-order valence-corrected chi connectivity index (χ2v) is 6.86. The lowest BCUT2D eigenvalue weighted by atomic mass is 9.83. The van der Waals surface area contributed by atoms with E-state index in [1.165, 1.54) is 0 Å². The fraction of sp³-hybridized carbons (Fsp3) is 0.190. The molecule has 1 N–H and O–H groups in total. The van der Waals surface area contributed by atoms with Crippen molar-refractivity contribution in [2.45, 2.75) is 26.2 Å². The zero-order valence-corrected chi connectivity index (χ0v) is 13.6. The van der Waals surface area contributed by atoms with Crippen LogP contribution in [0.4, 0.5) is 0 Å². The molecule has 0 atom stereocenters. The Balaban J connectivity index is 2.36. The molecular weight excluding hydrogens is 284 g/mol. The minimum absolute atomic E-state index is 0.0457. The van der Waals surface area contributed by atoms with Gasteiger partial charge < -0.3 is 5.11 Å². The highest BCUT2D eigenvalue weighted by Crippen LogP contribution is 2.39. The molecule has 0 saturated heterocycles. The molecule has 0 amide bonds. The van der Waals surface area contributed by atoms with Crippen LogP contribution < -0.4 is 0 Å². The molecule has 0 heterocycles. The van der Waals surface area contributed by atoms with Gasteiger partial charge in [-0.15, -0.1) is 0 Å². The molecule has 0 aliphatic rings. The number of aldehydes is 1. The second kappa shape index (κ2) is 5.54. The molecule has 2 heteroatoms. The van der Waals surface area contributed by atoms with E-state index in [0.29, 0.717) is 11.1 Å². The molecular formula is C21H20O2. The highest BCUT2D eigenvalue weighted by Gasteiger charge is 2.20. The smallest absolute Gasteiger partial charge is 0.153 e. The van der Waals surface area contributed by atoms with Gasteiger partial charge in [-0.05, 0) is 39.4 Å². The largest absolute Gasteiger partial charge is 0.507 e. The summed E-state index contributed by atoms with van der Waals surface area (Å²) in [6, 6.07) is 17.8. The van der Waals surface area contributed by atoms with Crippen molar-refractivity contribution in [3.05, 3.63) is 65.7 Å². The number of aromatic hydroxyl groups is 1. The van der Waals surface area contributed by atoms with Crippen LogP contribution >= 0.6 is 0 Å². The van der Waals surface area contributed by atoms with E-state index in [9.17, 15) is 9.90 Å². The van der Waals surface area contributed by atoms with Gasteiger partial charge in [0.05, 0.1) is 5.56 Å². The van der Waals surface area contributed by atoms with Crippen LogP contribution in [-0.2, 0) is 5.41 Å². The number of rotatable bonds is 2. The monoisotopic (exact) mass is 304 g/mol. The number of carbonyl (C=O) groups excluding carboxylic acids is 1. The average Bonchev–Trinajstić information content (AvgIpc) is 2.53. The van der Waals surface area contributed by atoms with Gasteiger partial charge in [0.25, 0.3) is 0 Å². The SMILES string of the molecule is CC(C)(C)c1cc(C=O)c(O)c(-c2cccc3ccccc23)c1. The average molecular weight is 304 g/mol. The van der Waals surface area contributed by atoms with Gasteiger partial charge in [-0.2, -0.15) is 0 Å². The minimum Gasteiger partial charge on any atom is -0.507 e. The highest BCUT2D eigenvalue weighted by molar-refractivity contribution is 5.99. The number of hydrogen-bond acceptors (Lipinski definition) is 2. The van der Waals surface area contributed by atoms with Crippen molar-refractivity contribution in [2.24, 2.45) is 0 Å². The highest BCUT2D eigenvalue weighted by atomic mass is 16.3. The Morgan fingerprint density at radius 3 is 2.30 bits per heavy atom. The van der Waals surface area contributed by atoms with Crippen LogP contribution in [0.25, 0.3) is 21.9 Å². The molecule has 0 aliphatic carbocycles. The predicted octanol–water partition coefficient (Wildman–Crippen LogP) is 5.32. The van der Waals surface area contributed by atoms with E-state index >= 15 is 0 Å². The number of phenols is 1. The fourth-order valence-electron chi connectivity index (χ4n) is 2.85. The van der Waals surface area contributed by atoms with Gasteiger partial charge in [0.15, 0.2) is 6.29 Å². The summed E-state index contributed by atoms with van der Waals surface area (Å²) in [6.07, 6.45) is 0.721. The topological polar surface area (TPSA) is 37.3 Å². The summed E-state index contributed by atoms with van der Waals surface area (Å²) < 4.78 is 0. The van der Waals surface area contributed by atoms with Crippen molar-refractivity contribution in [1.29, 1.82) is 0 Å². The van der Waals surface area contributed by atoms with Crippen LogP contribution in [0, 0.1) is 0 Å². The van der Waals surface area contributed by atoms with Crippen molar-refractivity contribution < 1.29 is 9.90 Å². The van der Waals surface area contributed by atoms with E-state index in [0.717, 1.165) is 28.2 Å². The number of benzene rings is 3. The summed E-state index contributed by atoms with van der Waals surface area (Å²) in [5.74, 6) is 0.0457. The Kier molecular flexibility index (Phi) is 3.69. The lowest BCUT2D eigenvalue weighted by Crippen LogP contribution is -2.11. The van der Waals surface area contributed by atoms with Gasteiger partial charge in [-0.1, -0.05) is 63.2 Å². The summed E-state index contributed by atoms with van der Waals surface area (Å²) >= 11 is 0. The third-order valence-electron chi connectivity index (χ3n) is 4.21. The minimum atomic E-state index is -0.106. The number of hydrogen-bond donors (Lipinski definition) is 1. The summed E-state index contributed by atoms with van der Waals surface area (Å²) in [5.41, 5.74) is 2.90. The van der Waals surface area contributed by atoms with Crippen LogP contribution in [0.15, 0.2) is 54.6 Å². The molecule has 0 fully saturated rings. The molecule has 3 aromatic carbocycles. The van der Waals surface area contributed by atoms with Gasteiger partial charge in [-0.25, -0.2) is 0 Å². The molecule has 0 unspecified atom stereocenters. The molecule has 0 aliphatic heterocycles. The summed E-state index contributed by atoms with van der Waals surface area (Å²) in [5, 5.41) is 12.7. The Hall–Kier alpha value is -2.61. The third-order valence-corrected chi connectivity index (χ3v) is 4.21. The number of phenolic OH excluding ortho intramolecular Hbond substituents is 1. The van der Waals surface area contributed by atoms with E-state index < -0.39 is 0 Å². The Bertz CT molecular complexity index is 881. The van der Waals surface area contributed by atoms with Crippen molar-refractivity contribution in [2.75, 3.05) is 0 Å². The van der Waals surface area contributed by atoms with E-state index in [2.05, 4.69) is 20.8 Å². The molecule has 0 spiro atoms. The van der Waals surface area contributed by atoms with Crippen LogP contribution in [0.1, 0.15) is 36.7 Å². The second-order valence-electron chi connectivity index (χ2n) is 6.86. The first-order valence-corrected chi connectivity index (χ1v) is 7.72. The maximum Gasteiger partial charge on any atom is 0.153 e. The summed E-state index contributed by atoms with van der Waals surface area (Å²) in [4.78, 5) is 11.4. The Morgan fingerprint density at radius 1 is 0.913 bits per heavy atom. The van der Waals surface area contributed by atoms with Gasteiger partial charge in [0.1, 0.15) is 5.75 Å². The Labute approximate surface area is 136 Å². The fourth-order valence-corrected chi connectivity index (χ4v) is 2.85. The third kappa shape index (κ3) is 2.72. The first kappa shape index (κ1) is 15.3. The van der Waals surface area contributed by atoms with E-state index in [-0.39, 0.29) is 11.2 Å². The van der Waals surface area contributed by atoms with Crippen molar-refractivity contribution in [3.63, 3.8) is 0 Å². The van der Waals surface area contributed by atoms with Gasteiger partial charge in [-0.3, -0.25) is 4.79 Å². The number of carbonyl (C=O) groups is 1. The maximum atomic E-state index is 11.4. The Morgan fingerprint density at radius 2 is 1.61 bits per heavy atom. The van der Waals surface area contributed by atoms with Gasteiger partial charge in [0.2, 0.25) is 0 Å². The number of fused-ring (bicyclic) bond motifs is 1. The van der Waals surface area contributed by atoms with E-state index in [1.54, 1.807) is 6.07 Å². The predicted molar refractivity (Wildman–Crippen MR) is 95.1 cm³/mol. The molecule has 0 bridgehead atoms. The van der Waals surface area contributed by atoms with Crippen molar-refractivity contribution in [3.8, 4) is 16.9 Å². The van der Waals surface area contributed by atoms with Crippen molar-refractivity contribution in [1.82, 2.24) is 0 Å². The lowest BCUT2D eigenvalue weighted by molar-refractivity contribution is 0.112. The van der Waals surface area contributed by atoms with Crippen LogP contribution in [0.5, 0.6) is 5.75 Å². The molecule has 0 aromatic heterocycles. The molecule has 23 heavy (non-hydrogen) atoms. The van der Waals surface area contributed by atoms with Crippen molar-refractivity contribution >= 4 is 17.1 Å². The molecule has 3 rings (SSSR count). The molecule has 116 valence electrons. The van der Waals surface area contributed by atoms with Crippen LogP contribution in [0.2, 0.25) is 0 Å². The first-order valence-electron chi connectivity index (χ1n) is 7.72. The van der Waals surface area contributed by atoms with Crippen LogP contribution in [0.3, 0.4) is 0 Å². The quantitative estimate of drug-likeness (QED) is 0.650. The zero-order valence-electron chi connectivity index (χ0n) is 13.6. The summed E-state index contributed by atoms with van der Waals surface area (Å²) in [6.45, 7) is 6.29. The lowest BCUT2D eigenvalue weighted by Gasteiger charge is -2.22. The van der Waals surface area contributed by atoms with Gasteiger partial charge in [0, 0.05) is 5.56 Å². The zero-order chi connectivity index (χ0) is 16.6. The van der Waals surface area contributed by atoms with Gasteiger partial charge >= 0.3 is 0 Å². The maximum absolute atomic E-state index is 11.4. The van der Waals surface area contributed by atoms with Crippen LogP contribution in [-0.4, -0.2) is 11.4 Å². The summed E-state index contributed by atoms with van der Waals surface area (Å²) in [7, 11) is 0. The molecule has 0 saturated carbocycles. The molecule has 2 nitrogen and oxygen atoms in total. The van der Waals surface area contributed by atoms with E-state index in [4.69, 9.17) is 0 Å². The standard InChI is InChI=1S/C21H20O2/c1-21(2,3)16-11-15(13-22)20(23)19(12-16)18-10-6-8-14-7-4-5-9-17(14)18/h4-13,23H,1-3H3. The molecule has 3 aromatic rings. The molecule has 0 radical (unpaired) electrons.